The van der Waals surface area contributed by atoms with Gasteiger partial charge in [0, 0.05) is 19.8 Å². The molecule has 0 atom stereocenters. The predicted octanol–water partition coefficient (Wildman–Crippen LogP) is 2.41. The Balaban J connectivity index is 2.01. The fourth-order valence-electron chi connectivity index (χ4n) is 1.92. The summed E-state index contributed by atoms with van der Waals surface area (Å²) in [5.41, 5.74) is -0.625. The number of nitrogens with zero attached hydrogens (tertiary/aromatic N) is 2. The summed E-state index contributed by atoms with van der Waals surface area (Å²) < 4.78 is 39.2. The Morgan fingerprint density at radius 2 is 1.95 bits per heavy atom. The maximum Gasteiger partial charge on any atom is 0.435 e. The Labute approximate surface area is 119 Å². The highest BCUT2D eigenvalue weighted by Crippen LogP contribution is 2.30. The van der Waals surface area contributed by atoms with Gasteiger partial charge in [0.15, 0.2) is 5.69 Å². The number of alkyl halides is 3. The molecule has 0 saturated carbocycles. The van der Waals surface area contributed by atoms with Gasteiger partial charge in [0.2, 0.25) is 0 Å². The van der Waals surface area contributed by atoms with Crippen molar-refractivity contribution in [2.75, 3.05) is 6.54 Å². The number of aryl methyl sites for hydroxylation is 1. The molecule has 1 N–H and O–H groups in total. The van der Waals surface area contributed by atoms with Gasteiger partial charge in [-0.25, -0.2) is 0 Å². The van der Waals surface area contributed by atoms with Crippen LogP contribution in [0, 0.1) is 0 Å². The van der Waals surface area contributed by atoms with Crippen molar-refractivity contribution >= 4 is 5.91 Å². The molecule has 1 aromatic carbocycles. The van der Waals surface area contributed by atoms with Crippen molar-refractivity contribution in [1.82, 2.24) is 15.1 Å². The molecule has 2 rings (SSSR count). The molecule has 1 aromatic heterocycles. The van der Waals surface area contributed by atoms with Crippen molar-refractivity contribution in [1.29, 1.82) is 0 Å². The molecule has 21 heavy (non-hydrogen) atoms. The summed E-state index contributed by atoms with van der Waals surface area (Å²) in [6, 6.07) is 9.36. The molecule has 0 radical (unpaired) electrons. The van der Waals surface area contributed by atoms with Crippen molar-refractivity contribution < 1.29 is 18.0 Å². The first-order valence-corrected chi connectivity index (χ1v) is 6.31. The van der Waals surface area contributed by atoms with Gasteiger partial charge in [-0.1, -0.05) is 30.3 Å². The Hall–Kier alpha value is -2.31. The first-order valence-electron chi connectivity index (χ1n) is 6.31. The lowest BCUT2D eigenvalue weighted by molar-refractivity contribution is -0.141. The van der Waals surface area contributed by atoms with Crippen molar-refractivity contribution in [2.45, 2.75) is 12.6 Å². The predicted molar refractivity (Wildman–Crippen MR) is 70.7 cm³/mol. The fraction of sp³-hybridized carbons (Fsp3) is 0.286. The minimum Gasteiger partial charge on any atom is -0.352 e. The van der Waals surface area contributed by atoms with Gasteiger partial charge in [0.1, 0.15) is 0 Å². The van der Waals surface area contributed by atoms with Gasteiger partial charge in [-0.05, 0) is 12.0 Å². The van der Waals surface area contributed by atoms with Crippen LogP contribution in [-0.4, -0.2) is 22.2 Å². The standard InChI is InChI=1S/C14H14F3N3O/c1-20-9-11(12(19-20)14(15,16)17)13(21)18-8-7-10-5-3-2-4-6-10/h2-6,9H,7-8H2,1H3,(H,18,21). The number of benzene rings is 1. The average molecular weight is 297 g/mol. The van der Waals surface area contributed by atoms with Crippen LogP contribution in [0.15, 0.2) is 36.5 Å². The van der Waals surface area contributed by atoms with Crippen LogP contribution in [0.25, 0.3) is 0 Å². The number of halogens is 3. The molecule has 2 aromatic rings. The Kier molecular flexibility index (Phi) is 4.30. The van der Waals surface area contributed by atoms with Crippen LogP contribution in [0.5, 0.6) is 0 Å². The van der Waals surface area contributed by atoms with Crippen LogP contribution >= 0.6 is 0 Å². The first kappa shape index (κ1) is 15.1. The van der Waals surface area contributed by atoms with Gasteiger partial charge < -0.3 is 5.32 Å². The molecule has 0 bridgehead atoms. The molecular weight excluding hydrogens is 283 g/mol. The molecule has 1 heterocycles. The highest BCUT2D eigenvalue weighted by Gasteiger charge is 2.38. The zero-order chi connectivity index (χ0) is 15.5. The van der Waals surface area contributed by atoms with Gasteiger partial charge >= 0.3 is 6.18 Å². The second-order valence-corrected chi connectivity index (χ2v) is 4.55. The summed E-state index contributed by atoms with van der Waals surface area (Å²) in [4.78, 5) is 11.9. The summed E-state index contributed by atoms with van der Waals surface area (Å²) in [5.74, 6) is -0.772. The van der Waals surface area contributed by atoms with E-state index in [2.05, 4.69) is 10.4 Å². The summed E-state index contributed by atoms with van der Waals surface area (Å²) in [6.07, 6.45) is -3.03. The third-order valence-electron chi connectivity index (χ3n) is 2.88. The summed E-state index contributed by atoms with van der Waals surface area (Å²) in [6.45, 7) is 0.259. The van der Waals surface area contributed by atoms with E-state index in [1.165, 1.54) is 7.05 Å². The van der Waals surface area contributed by atoms with E-state index in [0.717, 1.165) is 16.4 Å². The van der Waals surface area contributed by atoms with E-state index >= 15 is 0 Å². The maximum atomic E-state index is 12.8. The van der Waals surface area contributed by atoms with E-state index in [4.69, 9.17) is 0 Å². The number of hydrogen-bond acceptors (Lipinski definition) is 2. The molecule has 0 aliphatic rings. The smallest absolute Gasteiger partial charge is 0.352 e. The van der Waals surface area contributed by atoms with Gasteiger partial charge in [-0.15, -0.1) is 0 Å². The van der Waals surface area contributed by atoms with E-state index in [-0.39, 0.29) is 6.54 Å². The molecule has 112 valence electrons. The SMILES string of the molecule is Cn1cc(C(=O)NCCc2ccccc2)c(C(F)(F)F)n1. The summed E-state index contributed by atoms with van der Waals surface area (Å²) >= 11 is 0. The van der Waals surface area contributed by atoms with E-state index in [1.807, 2.05) is 30.3 Å². The van der Waals surface area contributed by atoms with Crippen molar-refractivity contribution in [3.05, 3.63) is 53.3 Å². The number of amides is 1. The van der Waals surface area contributed by atoms with Crippen LogP contribution in [-0.2, 0) is 19.6 Å². The molecule has 0 saturated heterocycles. The third-order valence-corrected chi connectivity index (χ3v) is 2.88. The maximum absolute atomic E-state index is 12.8. The number of carbonyl (C=O) groups is 1. The van der Waals surface area contributed by atoms with Gasteiger partial charge in [-0.3, -0.25) is 9.48 Å². The molecule has 0 unspecified atom stereocenters. The lowest BCUT2D eigenvalue weighted by atomic mass is 10.1. The van der Waals surface area contributed by atoms with E-state index in [0.29, 0.717) is 6.42 Å². The molecule has 7 heteroatoms. The van der Waals surface area contributed by atoms with E-state index < -0.39 is 23.3 Å². The van der Waals surface area contributed by atoms with Crippen LogP contribution < -0.4 is 5.32 Å². The highest BCUT2D eigenvalue weighted by atomic mass is 19.4. The van der Waals surface area contributed by atoms with Crippen molar-refractivity contribution in [3.63, 3.8) is 0 Å². The molecular formula is C14H14F3N3O. The number of hydrogen-bond donors (Lipinski definition) is 1. The summed E-state index contributed by atoms with van der Waals surface area (Å²) in [5, 5.41) is 5.78. The Bertz CT molecular complexity index is 620. The normalized spacial score (nSPS) is 11.4. The summed E-state index contributed by atoms with van der Waals surface area (Å²) in [7, 11) is 1.34. The second kappa shape index (κ2) is 5.99. The topological polar surface area (TPSA) is 46.9 Å². The van der Waals surface area contributed by atoms with Crippen LogP contribution in [0.2, 0.25) is 0 Å². The van der Waals surface area contributed by atoms with Gasteiger partial charge in [0.25, 0.3) is 5.91 Å². The van der Waals surface area contributed by atoms with Gasteiger partial charge in [0.05, 0.1) is 5.56 Å². The highest BCUT2D eigenvalue weighted by molar-refractivity contribution is 5.95. The first-order chi connectivity index (χ1) is 9.88. The zero-order valence-corrected chi connectivity index (χ0v) is 11.3. The number of nitrogens with one attached hydrogen (secondary N) is 1. The lowest BCUT2D eigenvalue weighted by Crippen LogP contribution is -2.27. The van der Waals surface area contributed by atoms with Crippen LogP contribution in [0.3, 0.4) is 0 Å². The minimum absolute atomic E-state index is 0.259. The monoisotopic (exact) mass is 297 g/mol. The lowest BCUT2D eigenvalue weighted by Gasteiger charge is -2.07. The van der Waals surface area contributed by atoms with Crippen molar-refractivity contribution in [3.8, 4) is 0 Å². The third kappa shape index (κ3) is 3.84. The molecule has 4 nitrogen and oxygen atoms in total. The van der Waals surface area contributed by atoms with Gasteiger partial charge in [-0.2, -0.15) is 18.3 Å². The fourth-order valence-corrected chi connectivity index (χ4v) is 1.92. The van der Waals surface area contributed by atoms with E-state index in [9.17, 15) is 18.0 Å². The molecule has 0 fully saturated rings. The molecule has 1 amide bonds. The Morgan fingerprint density at radius 1 is 1.29 bits per heavy atom. The Morgan fingerprint density at radius 3 is 2.57 bits per heavy atom. The molecule has 0 aliphatic heterocycles. The second-order valence-electron chi connectivity index (χ2n) is 4.55. The average Bonchev–Trinajstić information content (AvgIpc) is 2.82. The molecule has 0 spiro atoms. The van der Waals surface area contributed by atoms with Crippen molar-refractivity contribution in [2.24, 2.45) is 7.05 Å². The van der Waals surface area contributed by atoms with Crippen LogP contribution in [0.4, 0.5) is 13.2 Å². The number of aromatic nitrogens is 2. The number of rotatable bonds is 4. The quantitative estimate of drug-likeness (QED) is 0.942. The van der Waals surface area contributed by atoms with Crippen LogP contribution in [0.1, 0.15) is 21.6 Å². The largest absolute Gasteiger partial charge is 0.435 e. The minimum atomic E-state index is -4.65. The molecule has 0 aliphatic carbocycles. The van der Waals surface area contributed by atoms with E-state index in [1.54, 1.807) is 0 Å². The zero-order valence-electron chi connectivity index (χ0n) is 11.3. The number of carbonyl (C=O) groups excluding carboxylic acids is 1.